The summed E-state index contributed by atoms with van der Waals surface area (Å²) in [6.45, 7) is 10.7. The lowest BCUT2D eigenvalue weighted by atomic mass is 10.1. The summed E-state index contributed by atoms with van der Waals surface area (Å²) < 4.78 is 11.0. The van der Waals surface area contributed by atoms with Crippen LogP contribution in [0, 0.1) is 0 Å². The van der Waals surface area contributed by atoms with Crippen LogP contribution in [-0.4, -0.2) is 76.4 Å². The second-order valence-electron chi connectivity index (χ2n) is 10.2. The molecule has 0 unspecified atom stereocenters. The molecule has 0 saturated carbocycles. The monoisotopic (exact) mass is 500 g/mol. The Hall–Kier alpha value is -3.06. The van der Waals surface area contributed by atoms with Crippen molar-refractivity contribution in [1.29, 1.82) is 0 Å². The molecule has 3 aromatic carbocycles. The zero-order valence-corrected chi connectivity index (χ0v) is 22.3. The predicted octanol–water partition coefficient (Wildman–Crippen LogP) is 4.49. The van der Waals surface area contributed by atoms with Gasteiger partial charge < -0.3 is 24.2 Å². The number of hydrogen-bond donors (Lipinski definition) is 0. The summed E-state index contributed by atoms with van der Waals surface area (Å²) in [5.74, 6) is 0.898. The highest BCUT2D eigenvalue weighted by Gasteiger charge is 2.16. The third-order valence-corrected chi connectivity index (χ3v) is 7.47. The number of methoxy groups -OCH3 is 1. The van der Waals surface area contributed by atoms with E-state index in [2.05, 4.69) is 93.4 Å². The molecule has 3 aromatic rings. The van der Waals surface area contributed by atoms with Crippen molar-refractivity contribution in [3.63, 3.8) is 0 Å². The zero-order valence-electron chi connectivity index (χ0n) is 22.3. The molecule has 2 fully saturated rings. The molecule has 0 aliphatic carbocycles. The van der Waals surface area contributed by atoms with Crippen LogP contribution >= 0.6 is 0 Å². The van der Waals surface area contributed by atoms with Crippen LogP contribution < -0.4 is 14.5 Å². The van der Waals surface area contributed by atoms with E-state index in [0.717, 1.165) is 77.9 Å². The molecule has 2 saturated heterocycles. The Morgan fingerprint density at radius 1 is 0.757 bits per heavy atom. The third-order valence-electron chi connectivity index (χ3n) is 7.47. The van der Waals surface area contributed by atoms with Gasteiger partial charge in [0.1, 0.15) is 5.75 Å². The van der Waals surface area contributed by atoms with Crippen molar-refractivity contribution < 1.29 is 9.47 Å². The first-order chi connectivity index (χ1) is 18.2. The molecule has 6 heteroatoms. The molecule has 0 amide bonds. The summed E-state index contributed by atoms with van der Waals surface area (Å²) in [5.41, 5.74) is 6.49. The number of rotatable bonds is 9. The first-order valence-corrected chi connectivity index (χ1v) is 13.5. The fraction of sp³-hybridized carbons (Fsp3) is 0.419. The van der Waals surface area contributed by atoms with E-state index in [1.807, 2.05) is 6.07 Å². The maximum Gasteiger partial charge on any atom is 0.119 e. The van der Waals surface area contributed by atoms with E-state index in [0.29, 0.717) is 0 Å². The largest absolute Gasteiger partial charge is 0.497 e. The number of nitrogens with zero attached hydrogens (tertiary/aromatic N) is 4. The number of hydrogen-bond acceptors (Lipinski definition) is 6. The van der Waals surface area contributed by atoms with E-state index in [1.165, 1.54) is 28.1 Å². The van der Waals surface area contributed by atoms with E-state index in [1.54, 1.807) is 7.11 Å². The van der Waals surface area contributed by atoms with Crippen LogP contribution in [0.3, 0.4) is 0 Å². The zero-order chi connectivity index (χ0) is 25.5. The molecular formula is C31H40N4O2. The van der Waals surface area contributed by atoms with Crippen molar-refractivity contribution in [3.8, 4) is 5.75 Å². The summed E-state index contributed by atoms with van der Waals surface area (Å²) in [6.07, 6.45) is 0. The Bertz CT molecular complexity index is 1120. The van der Waals surface area contributed by atoms with Gasteiger partial charge in [0.05, 0.1) is 20.3 Å². The fourth-order valence-corrected chi connectivity index (χ4v) is 5.20. The van der Waals surface area contributed by atoms with Gasteiger partial charge in [-0.25, -0.2) is 0 Å². The molecule has 6 nitrogen and oxygen atoms in total. The first-order valence-electron chi connectivity index (χ1n) is 13.5. The van der Waals surface area contributed by atoms with Gasteiger partial charge in [-0.3, -0.25) is 4.90 Å². The quantitative estimate of drug-likeness (QED) is 0.431. The lowest BCUT2D eigenvalue weighted by Crippen LogP contribution is -2.44. The second kappa shape index (κ2) is 12.5. The molecule has 0 radical (unpaired) electrons. The average molecular weight is 501 g/mol. The van der Waals surface area contributed by atoms with Crippen molar-refractivity contribution in [1.82, 2.24) is 9.80 Å². The third kappa shape index (κ3) is 7.04. The van der Waals surface area contributed by atoms with Gasteiger partial charge in [0.15, 0.2) is 0 Å². The molecule has 196 valence electrons. The van der Waals surface area contributed by atoms with Crippen molar-refractivity contribution in [3.05, 3.63) is 89.5 Å². The van der Waals surface area contributed by atoms with Crippen LogP contribution in [0.2, 0.25) is 0 Å². The Morgan fingerprint density at radius 3 is 2.14 bits per heavy atom. The van der Waals surface area contributed by atoms with Crippen LogP contribution in [-0.2, 0) is 24.4 Å². The number of piperazine rings is 1. The van der Waals surface area contributed by atoms with E-state index >= 15 is 0 Å². The Labute approximate surface area is 222 Å². The minimum Gasteiger partial charge on any atom is -0.497 e. The smallest absolute Gasteiger partial charge is 0.119 e. The molecule has 2 aliphatic rings. The van der Waals surface area contributed by atoms with Gasteiger partial charge in [0.2, 0.25) is 0 Å². The van der Waals surface area contributed by atoms with Gasteiger partial charge in [0.25, 0.3) is 0 Å². The normalized spacial score (nSPS) is 17.1. The van der Waals surface area contributed by atoms with Crippen molar-refractivity contribution >= 4 is 11.4 Å². The molecule has 5 rings (SSSR count). The summed E-state index contributed by atoms with van der Waals surface area (Å²) in [6, 6.07) is 26.6. The predicted molar refractivity (Wildman–Crippen MR) is 152 cm³/mol. The first kappa shape index (κ1) is 25.6. The Morgan fingerprint density at radius 2 is 1.43 bits per heavy atom. The molecule has 0 N–H and O–H groups in total. The number of ether oxygens (including phenoxy) is 2. The number of morpholine rings is 1. The summed E-state index contributed by atoms with van der Waals surface area (Å²) in [7, 11) is 3.93. The molecule has 37 heavy (non-hydrogen) atoms. The van der Waals surface area contributed by atoms with Gasteiger partial charge in [-0.15, -0.1) is 0 Å². The van der Waals surface area contributed by atoms with Crippen LogP contribution in [0.15, 0.2) is 72.8 Å². The lowest BCUT2D eigenvalue weighted by Gasteiger charge is -2.34. The second-order valence-corrected chi connectivity index (χ2v) is 10.2. The minimum absolute atomic E-state index is 0.818. The molecule has 0 spiro atoms. The van der Waals surface area contributed by atoms with E-state index in [4.69, 9.17) is 9.47 Å². The lowest BCUT2D eigenvalue weighted by molar-refractivity contribution is 0.0342. The van der Waals surface area contributed by atoms with Gasteiger partial charge in [-0.1, -0.05) is 36.4 Å². The number of likely N-dealkylation sites (N-methyl/N-ethyl adjacent to an activating group) is 1. The molecule has 0 bridgehead atoms. The average Bonchev–Trinajstić information content (AvgIpc) is 2.94. The van der Waals surface area contributed by atoms with Crippen LogP contribution in [0.1, 0.15) is 16.7 Å². The minimum atomic E-state index is 0.818. The van der Waals surface area contributed by atoms with Crippen LogP contribution in [0.25, 0.3) is 0 Å². The maximum atomic E-state index is 5.51. The molecule has 2 heterocycles. The molecule has 0 aromatic heterocycles. The van der Waals surface area contributed by atoms with E-state index in [9.17, 15) is 0 Å². The highest BCUT2D eigenvalue weighted by molar-refractivity contribution is 5.53. The molecule has 2 aliphatic heterocycles. The number of benzene rings is 3. The molecule has 0 atom stereocenters. The topological polar surface area (TPSA) is 31.4 Å². The van der Waals surface area contributed by atoms with E-state index < -0.39 is 0 Å². The highest BCUT2D eigenvalue weighted by Crippen LogP contribution is 2.25. The van der Waals surface area contributed by atoms with Crippen LogP contribution in [0.5, 0.6) is 5.75 Å². The highest BCUT2D eigenvalue weighted by atomic mass is 16.5. The van der Waals surface area contributed by atoms with Gasteiger partial charge >= 0.3 is 0 Å². The standard InChI is InChI=1S/C31H40N4O2/c1-32-13-15-34(16-14-32)30-7-3-5-27(21-30)24-35(25-28-6-4-8-31(22-28)36-2)29-11-9-26(10-12-29)23-33-17-19-37-20-18-33/h3-12,21-22H,13-20,23-25H2,1-2H3. The summed E-state index contributed by atoms with van der Waals surface area (Å²) in [5, 5.41) is 0. The Balaban J connectivity index is 1.35. The van der Waals surface area contributed by atoms with E-state index in [-0.39, 0.29) is 0 Å². The van der Waals surface area contributed by atoms with Crippen molar-refractivity contribution in [2.75, 3.05) is 76.4 Å². The van der Waals surface area contributed by atoms with Gasteiger partial charge in [-0.05, 0) is 60.1 Å². The van der Waals surface area contributed by atoms with Crippen molar-refractivity contribution in [2.45, 2.75) is 19.6 Å². The Kier molecular flexibility index (Phi) is 8.61. The van der Waals surface area contributed by atoms with Crippen LogP contribution in [0.4, 0.5) is 11.4 Å². The SMILES string of the molecule is COc1cccc(CN(Cc2cccc(N3CCN(C)CC3)c2)c2ccc(CN3CCOCC3)cc2)c1. The maximum absolute atomic E-state index is 5.51. The molecular weight excluding hydrogens is 460 g/mol. The van der Waals surface area contributed by atoms with Gasteiger partial charge in [0, 0.05) is 70.3 Å². The summed E-state index contributed by atoms with van der Waals surface area (Å²) >= 11 is 0. The summed E-state index contributed by atoms with van der Waals surface area (Å²) in [4.78, 5) is 9.85. The fourth-order valence-electron chi connectivity index (χ4n) is 5.20. The van der Waals surface area contributed by atoms with Crippen molar-refractivity contribution in [2.24, 2.45) is 0 Å². The number of anilines is 2. The van der Waals surface area contributed by atoms with Gasteiger partial charge in [-0.2, -0.15) is 0 Å².